The normalized spacial score (nSPS) is 10.6. The Morgan fingerprint density at radius 2 is 1.86 bits per heavy atom. The van der Waals surface area contributed by atoms with Crippen LogP contribution in [-0.2, 0) is 7.05 Å². The van der Waals surface area contributed by atoms with Gasteiger partial charge in [-0.25, -0.2) is 0 Å². The van der Waals surface area contributed by atoms with E-state index in [1.807, 2.05) is 42.8 Å². The summed E-state index contributed by atoms with van der Waals surface area (Å²) < 4.78 is 12.5. The van der Waals surface area contributed by atoms with Crippen molar-refractivity contribution in [1.29, 1.82) is 0 Å². The molecule has 8 heteroatoms. The molecular formula is C20H20ClN3O4. The van der Waals surface area contributed by atoms with Crippen LogP contribution in [0, 0.1) is 0 Å². The zero-order valence-electron chi connectivity index (χ0n) is 15.7. The zero-order chi connectivity index (χ0) is 20.3. The molecule has 0 atom stereocenters. The molecule has 0 fully saturated rings. The highest BCUT2D eigenvalue weighted by Crippen LogP contribution is 2.36. The quantitative estimate of drug-likeness (QED) is 0.642. The monoisotopic (exact) mass is 401 g/mol. The van der Waals surface area contributed by atoms with Gasteiger partial charge in [-0.1, -0.05) is 29.8 Å². The van der Waals surface area contributed by atoms with Gasteiger partial charge in [0.05, 0.1) is 24.3 Å². The van der Waals surface area contributed by atoms with Crippen LogP contribution in [0.15, 0.2) is 42.6 Å². The summed E-state index contributed by atoms with van der Waals surface area (Å²) in [4.78, 5) is 25.0. The molecule has 0 radical (unpaired) electrons. The lowest BCUT2D eigenvalue weighted by Crippen LogP contribution is -2.41. The number of ether oxygens (including phenoxy) is 2. The minimum Gasteiger partial charge on any atom is -0.493 e. The lowest BCUT2D eigenvalue weighted by Gasteiger charge is -2.13. The molecule has 0 unspecified atom stereocenters. The molecule has 0 aliphatic rings. The summed E-state index contributed by atoms with van der Waals surface area (Å²) in [6.45, 7) is 2.22. The molecule has 0 aliphatic heterocycles. The summed E-state index contributed by atoms with van der Waals surface area (Å²) in [5.41, 5.74) is 6.43. The van der Waals surface area contributed by atoms with Crippen LogP contribution < -0.4 is 20.3 Å². The number of amides is 2. The number of carbonyl (C=O) groups is 2. The van der Waals surface area contributed by atoms with Crippen molar-refractivity contribution in [3.05, 3.63) is 58.7 Å². The molecule has 3 rings (SSSR count). The summed E-state index contributed by atoms with van der Waals surface area (Å²) in [5.74, 6) is -0.256. The number of rotatable bonds is 5. The van der Waals surface area contributed by atoms with E-state index in [-0.39, 0.29) is 10.6 Å². The highest BCUT2D eigenvalue weighted by Gasteiger charge is 2.18. The number of nitrogens with one attached hydrogen (secondary N) is 2. The highest BCUT2D eigenvalue weighted by molar-refractivity contribution is 6.32. The lowest BCUT2D eigenvalue weighted by molar-refractivity contribution is 0.0847. The Morgan fingerprint density at radius 1 is 1.14 bits per heavy atom. The van der Waals surface area contributed by atoms with Crippen LogP contribution in [0.4, 0.5) is 0 Å². The summed E-state index contributed by atoms with van der Waals surface area (Å²) in [6.07, 6.45) is 1.71. The molecular weight excluding hydrogens is 382 g/mol. The van der Waals surface area contributed by atoms with E-state index in [4.69, 9.17) is 21.1 Å². The third-order valence-electron chi connectivity index (χ3n) is 4.21. The third-order valence-corrected chi connectivity index (χ3v) is 4.49. The van der Waals surface area contributed by atoms with Gasteiger partial charge < -0.3 is 14.0 Å². The summed E-state index contributed by atoms with van der Waals surface area (Å²) in [7, 11) is 3.31. The number of nitrogens with zero attached hydrogens (tertiary/aromatic N) is 1. The van der Waals surface area contributed by atoms with Crippen molar-refractivity contribution >= 4 is 34.3 Å². The van der Waals surface area contributed by atoms with Crippen LogP contribution in [0.2, 0.25) is 5.02 Å². The predicted molar refractivity (Wildman–Crippen MR) is 107 cm³/mol. The Bertz CT molecular complexity index is 1050. The van der Waals surface area contributed by atoms with Crippen LogP contribution >= 0.6 is 11.6 Å². The smallest absolute Gasteiger partial charge is 0.271 e. The van der Waals surface area contributed by atoms with E-state index in [0.29, 0.717) is 23.7 Å². The number of fused-ring (bicyclic) bond motifs is 1. The van der Waals surface area contributed by atoms with E-state index in [9.17, 15) is 9.59 Å². The number of hydrogen-bond acceptors (Lipinski definition) is 4. The molecule has 2 amide bonds. The summed E-state index contributed by atoms with van der Waals surface area (Å²) >= 11 is 6.19. The first kappa shape index (κ1) is 19.6. The van der Waals surface area contributed by atoms with Gasteiger partial charge in [-0.3, -0.25) is 20.4 Å². The maximum absolute atomic E-state index is 12.5. The van der Waals surface area contributed by atoms with Gasteiger partial charge in [-0.15, -0.1) is 0 Å². The second-order valence-electron chi connectivity index (χ2n) is 6.00. The number of para-hydroxylation sites is 1. The number of aromatic nitrogens is 1. The lowest BCUT2D eigenvalue weighted by atomic mass is 10.1. The van der Waals surface area contributed by atoms with Crippen molar-refractivity contribution < 1.29 is 19.1 Å². The van der Waals surface area contributed by atoms with E-state index in [2.05, 4.69) is 10.9 Å². The third kappa shape index (κ3) is 3.75. The van der Waals surface area contributed by atoms with E-state index >= 15 is 0 Å². The summed E-state index contributed by atoms with van der Waals surface area (Å²) in [6, 6.07) is 10.5. The van der Waals surface area contributed by atoms with Gasteiger partial charge in [0.1, 0.15) is 0 Å². The number of benzene rings is 2. The molecule has 2 N–H and O–H groups in total. The van der Waals surface area contributed by atoms with E-state index in [0.717, 1.165) is 10.9 Å². The Labute approximate surface area is 167 Å². The molecule has 7 nitrogen and oxygen atoms in total. The number of aryl methyl sites for hydroxylation is 1. The fourth-order valence-electron chi connectivity index (χ4n) is 2.91. The average molecular weight is 402 g/mol. The first-order valence-corrected chi connectivity index (χ1v) is 8.99. The van der Waals surface area contributed by atoms with Crippen LogP contribution in [0.3, 0.4) is 0 Å². The molecule has 0 aliphatic carbocycles. The van der Waals surface area contributed by atoms with Gasteiger partial charge in [0, 0.05) is 29.7 Å². The Balaban J connectivity index is 1.76. The molecule has 0 bridgehead atoms. The van der Waals surface area contributed by atoms with Crippen LogP contribution in [-0.4, -0.2) is 30.1 Å². The Kier molecular flexibility index (Phi) is 5.75. The predicted octanol–water partition coefficient (Wildman–Crippen LogP) is 3.31. The standard InChI is InChI=1S/C20H20ClN3O4/c1-4-28-18-15(21)9-12(10-17(18)27-3)19(25)22-23-20(26)14-11-24(2)16-8-6-5-7-13(14)16/h5-11H,4H2,1-3H3,(H,22,25)(H,23,26). The highest BCUT2D eigenvalue weighted by atomic mass is 35.5. The van der Waals surface area contributed by atoms with Crippen molar-refractivity contribution in [2.45, 2.75) is 6.92 Å². The number of hydrazine groups is 1. The fourth-order valence-corrected chi connectivity index (χ4v) is 3.18. The Morgan fingerprint density at radius 3 is 2.57 bits per heavy atom. The van der Waals surface area contributed by atoms with Crippen molar-refractivity contribution in [2.24, 2.45) is 7.05 Å². The maximum Gasteiger partial charge on any atom is 0.271 e. The first-order valence-electron chi connectivity index (χ1n) is 8.61. The van der Waals surface area contributed by atoms with Crippen LogP contribution in [0.1, 0.15) is 27.6 Å². The van der Waals surface area contributed by atoms with E-state index in [1.165, 1.54) is 19.2 Å². The fraction of sp³-hybridized carbons (Fsp3) is 0.200. The second kappa shape index (κ2) is 8.22. The van der Waals surface area contributed by atoms with Gasteiger partial charge in [-0.05, 0) is 25.1 Å². The number of carbonyl (C=O) groups excluding carboxylic acids is 2. The molecule has 1 aromatic heterocycles. The van der Waals surface area contributed by atoms with Crippen LogP contribution in [0.5, 0.6) is 11.5 Å². The number of hydrogen-bond donors (Lipinski definition) is 2. The molecule has 146 valence electrons. The molecule has 2 aromatic carbocycles. The van der Waals surface area contributed by atoms with Gasteiger partial charge in [-0.2, -0.15) is 0 Å². The minimum absolute atomic E-state index is 0.225. The van der Waals surface area contributed by atoms with Gasteiger partial charge >= 0.3 is 0 Å². The van der Waals surface area contributed by atoms with Crippen molar-refractivity contribution in [3.8, 4) is 11.5 Å². The largest absolute Gasteiger partial charge is 0.493 e. The van der Waals surface area contributed by atoms with Crippen molar-refractivity contribution in [1.82, 2.24) is 15.4 Å². The zero-order valence-corrected chi connectivity index (χ0v) is 16.5. The summed E-state index contributed by atoms with van der Waals surface area (Å²) in [5, 5.41) is 1.04. The number of halogens is 1. The molecule has 0 saturated heterocycles. The minimum atomic E-state index is -0.531. The van der Waals surface area contributed by atoms with E-state index < -0.39 is 11.8 Å². The van der Waals surface area contributed by atoms with Crippen molar-refractivity contribution in [2.75, 3.05) is 13.7 Å². The average Bonchev–Trinajstić information content (AvgIpc) is 3.04. The van der Waals surface area contributed by atoms with E-state index in [1.54, 1.807) is 6.20 Å². The molecule has 0 spiro atoms. The molecule has 28 heavy (non-hydrogen) atoms. The second-order valence-corrected chi connectivity index (χ2v) is 6.41. The SMILES string of the molecule is CCOc1c(Cl)cc(C(=O)NNC(=O)c2cn(C)c3ccccc23)cc1OC. The van der Waals surface area contributed by atoms with Gasteiger partial charge in [0.2, 0.25) is 0 Å². The first-order chi connectivity index (χ1) is 13.5. The molecule has 0 saturated carbocycles. The van der Waals surface area contributed by atoms with Crippen LogP contribution in [0.25, 0.3) is 10.9 Å². The topological polar surface area (TPSA) is 81.6 Å². The maximum atomic E-state index is 12.5. The molecule has 3 aromatic rings. The van der Waals surface area contributed by atoms with Gasteiger partial charge in [0.25, 0.3) is 11.8 Å². The van der Waals surface area contributed by atoms with Gasteiger partial charge in [0.15, 0.2) is 11.5 Å². The number of methoxy groups -OCH3 is 1. The molecule has 1 heterocycles. The Hall–Kier alpha value is -3.19. The van der Waals surface area contributed by atoms with Crippen molar-refractivity contribution in [3.63, 3.8) is 0 Å².